The second-order valence-electron chi connectivity index (χ2n) is 6.50. The Labute approximate surface area is 144 Å². The summed E-state index contributed by atoms with van der Waals surface area (Å²) in [5, 5.41) is 16.9. The zero-order valence-corrected chi connectivity index (χ0v) is 14.6. The Kier molecular flexibility index (Phi) is 4.22. The first-order valence-corrected chi connectivity index (χ1v) is 7.89. The Hall–Kier alpha value is -2.87. The molecule has 3 rings (SSSR count). The minimum absolute atomic E-state index is 0.179. The lowest BCUT2D eigenvalue weighted by atomic mass is 10.0. The smallest absolute Gasteiger partial charge is 0.271 e. The lowest BCUT2D eigenvalue weighted by Crippen LogP contribution is -2.47. The monoisotopic (exact) mass is 340 g/mol. The van der Waals surface area contributed by atoms with Gasteiger partial charge in [-0.1, -0.05) is 0 Å². The summed E-state index contributed by atoms with van der Waals surface area (Å²) >= 11 is 0. The van der Waals surface area contributed by atoms with Crippen molar-refractivity contribution in [3.63, 3.8) is 0 Å². The highest BCUT2D eigenvalue weighted by Crippen LogP contribution is 2.24. The highest BCUT2D eigenvalue weighted by atomic mass is 16.3. The van der Waals surface area contributed by atoms with Gasteiger partial charge in [0.2, 0.25) is 0 Å². The van der Waals surface area contributed by atoms with Gasteiger partial charge in [0.05, 0.1) is 29.7 Å². The van der Waals surface area contributed by atoms with E-state index in [1.54, 1.807) is 44.0 Å². The van der Waals surface area contributed by atoms with Crippen LogP contribution in [0, 0.1) is 0 Å². The van der Waals surface area contributed by atoms with Crippen LogP contribution in [0.5, 0.6) is 0 Å². The molecule has 1 unspecified atom stereocenters. The maximum absolute atomic E-state index is 12.5. The third kappa shape index (κ3) is 3.34. The van der Waals surface area contributed by atoms with Crippen LogP contribution in [-0.2, 0) is 7.05 Å². The van der Waals surface area contributed by atoms with E-state index >= 15 is 0 Å². The Bertz CT molecular complexity index is 928. The van der Waals surface area contributed by atoms with Crippen LogP contribution < -0.4 is 5.32 Å². The maximum Gasteiger partial charge on any atom is 0.271 e. The summed E-state index contributed by atoms with van der Waals surface area (Å²) in [5.41, 5.74) is 1.88. The summed E-state index contributed by atoms with van der Waals surface area (Å²) in [6.07, 6.45) is 6.37. The Morgan fingerprint density at radius 2 is 2.08 bits per heavy atom. The first kappa shape index (κ1) is 17.0. The van der Waals surface area contributed by atoms with Crippen molar-refractivity contribution in [2.75, 3.05) is 0 Å². The van der Waals surface area contributed by atoms with Gasteiger partial charge in [0.25, 0.3) is 5.91 Å². The number of pyridine rings is 1. The second kappa shape index (κ2) is 6.21. The predicted molar refractivity (Wildman–Crippen MR) is 92.8 cm³/mol. The number of aliphatic hydroxyl groups is 1. The first-order chi connectivity index (χ1) is 11.8. The molecule has 0 saturated carbocycles. The van der Waals surface area contributed by atoms with Crippen LogP contribution in [0.4, 0.5) is 0 Å². The minimum atomic E-state index is -1.04. The average molecular weight is 340 g/mol. The first-order valence-electron chi connectivity index (χ1n) is 7.89. The molecular weight excluding hydrogens is 320 g/mol. The van der Waals surface area contributed by atoms with E-state index in [0.717, 1.165) is 11.3 Å². The SMILES string of the molecule is CC(NC(=O)c1cnc2cncc(-c3ccnn3C)c2n1)C(C)(C)O. The molecule has 1 atom stereocenters. The van der Waals surface area contributed by atoms with Crippen molar-refractivity contribution in [2.45, 2.75) is 32.4 Å². The van der Waals surface area contributed by atoms with E-state index in [9.17, 15) is 9.90 Å². The summed E-state index contributed by atoms with van der Waals surface area (Å²) in [4.78, 5) is 25.4. The summed E-state index contributed by atoms with van der Waals surface area (Å²) in [5.74, 6) is -0.392. The van der Waals surface area contributed by atoms with E-state index in [4.69, 9.17) is 0 Å². The zero-order valence-electron chi connectivity index (χ0n) is 14.6. The fourth-order valence-corrected chi connectivity index (χ4v) is 2.32. The van der Waals surface area contributed by atoms with Crippen LogP contribution in [-0.4, -0.2) is 47.4 Å². The normalized spacial score (nSPS) is 13.0. The number of hydrogen-bond donors (Lipinski definition) is 2. The predicted octanol–water partition coefficient (Wildman–Crippen LogP) is 1.31. The molecule has 25 heavy (non-hydrogen) atoms. The molecule has 3 aromatic rings. The molecule has 2 N–H and O–H groups in total. The molecule has 8 heteroatoms. The van der Waals surface area contributed by atoms with Crippen LogP contribution in [0.3, 0.4) is 0 Å². The lowest BCUT2D eigenvalue weighted by molar-refractivity contribution is 0.0407. The Morgan fingerprint density at radius 3 is 2.72 bits per heavy atom. The number of carbonyl (C=O) groups is 1. The summed E-state index contributed by atoms with van der Waals surface area (Å²) in [7, 11) is 1.82. The molecule has 0 aliphatic carbocycles. The van der Waals surface area contributed by atoms with E-state index in [0.29, 0.717) is 11.0 Å². The molecule has 0 aliphatic rings. The number of aryl methyl sites for hydroxylation is 1. The van der Waals surface area contributed by atoms with E-state index in [2.05, 4.69) is 25.4 Å². The van der Waals surface area contributed by atoms with Crippen molar-refractivity contribution in [3.05, 3.63) is 36.5 Å². The van der Waals surface area contributed by atoms with E-state index in [1.807, 2.05) is 13.1 Å². The number of aromatic nitrogens is 5. The number of rotatable bonds is 4. The van der Waals surface area contributed by atoms with Gasteiger partial charge in [-0.15, -0.1) is 0 Å². The van der Waals surface area contributed by atoms with Crippen LogP contribution in [0.15, 0.2) is 30.9 Å². The summed E-state index contributed by atoms with van der Waals surface area (Å²) in [6.45, 7) is 5.00. The molecule has 0 spiro atoms. The van der Waals surface area contributed by atoms with Crippen LogP contribution in [0.25, 0.3) is 22.3 Å². The number of nitrogens with zero attached hydrogens (tertiary/aromatic N) is 5. The molecule has 0 aliphatic heterocycles. The molecule has 0 aromatic carbocycles. The van der Waals surface area contributed by atoms with E-state index in [1.165, 1.54) is 6.20 Å². The van der Waals surface area contributed by atoms with Gasteiger partial charge in [-0.3, -0.25) is 19.4 Å². The third-order valence-electron chi connectivity index (χ3n) is 4.19. The molecule has 0 radical (unpaired) electrons. The van der Waals surface area contributed by atoms with Gasteiger partial charge in [-0.05, 0) is 26.8 Å². The number of carbonyl (C=O) groups excluding carboxylic acids is 1. The number of nitrogens with one attached hydrogen (secondary N) is 1. The third-order valence-corrected chi connectivity index (χ3v) is 4.19. The Balaban J connectivity index is 2.02. The van der Waals surface area contributed by atoms with Crippen LogP contribution >= 0.6 is 0 Å². The topological polar surface area (TPSA) is 106 Å². The van der Waals surface area contributed by atoms with Crippen LogP contribution in [0.2, 0.25) is 0 Å². The number of amides is 1. The van der Waals surface area contributed by atoms with Crippen molar-refractivity contribution in [1.29, 1.82) is 0 Å². The summed E-state index contributed by atoms with van der Waals surface area (Å²) in [6, 6.07) is 1.41. The molecule has 8 nitrogen and oxygen atoms in total. The largest absolute Gasteiger partial charge is 0.388 e. The van der Waals surface area contributed by atoms with E-state index < -0.39 is 17.6 Å². The molecular formula is C17H20N6O2. The van der Waals surface area contributed by atoms with E-state index in [-0.39, 0.29) is 5.69 Å². The van der Waals surface area contributed by atoms with Crippen molar-refractivity contribution in [1.82, 2.24) is 30.0 Å². The standard InChI is InChI=1S/C17H20N6O2/c1-10(17(2,3)25)21-16(24)13-9-19-12-8-18-7-11(15(12)22-13)14-5-6-20-23(14)4/h5-10,25H,1-4H3,(H,21,24). The van der Waals surface area contributed by atoms with Crippen molar-refractivity contribution in [2.24, 2.45) is 7.05 Å². The fourth-order valence-electron chi connectivity index (χ4n) is 2.32. The van der Waals surface area contributed by atoms with Gasteiger partial charge in [0, 0.05) is 25.0 Å². The number of hydrogen-bond acceptors (Lipinski definition) is 6. The maximum atomic E-state index is 12.5. The van der Waals surface area contributed by atoms with Gasteiger partial charge in [-0.2, -0.15) is 5.10 Å². The van der Waals surface area contributed by atoms with Crippen molar-refractivity contribution in [3.8, 4) is 11.3 Å². The quantitative estimate of drug-likeness (QED) is 0.742. The van der Waals surface area contributed by atoms with Crippen LogP contribution in [0.1, 0.15) is 31.3 Å². The molecule has 0 bridgehead atoms. The molecule has 3 heterocycles. The molecule has 0 fully saturated rings. The van der Waals surface area contributed by atoms with Crippen molar-refractivity contribution >= 4 is 16.9 Å². The van der Waals surface area contributed by atoms with Gasteiger partial charge >= 0.3 is 0 Å². The molecule has 130 valence electrons. The zero-order chi connectivity index (χ0) is 18.2. The van der Waals surface area contributed by atoms with Crippen molar-refractivity contribution < 1.29 is 9.90 Å². The fraction of sp³-hybridized carbons (Fsp3) is 0.353. The molecule has 0 saturated heterocycles. The molecule has 1 amide bonds. The second-order valence-corrected chi connectivity index (χ2v) is 6.50. The van der Waals surface area contributed by atoms with Gasteiger partial charge in [0.15, 0.2) is 0 Å². The van der Waals surface area contributed by atoms with Gasteiger partial charge in [0.1, 0.15) is 16.7 Å². The minimum Gasteiger partial charge on any atom is -0.388 e. The number of fused-ring (bicyclic) bond motifs is 1. The Morgan fingerprint density at radius 1 is 1.32 bits per heavy atom. The molecule has 3 aromatic heterocycles. The van der Waals surface area contributed by atoms with Gasteiger partial charge in [-0.25, -0.2) is 4.98 Å². The highest BCUT2D eigenvalue weighted by molar-refractivity contribution is 5.96. The highest BCUT2D eigenvalue weighted by Gasteiger charge is 2.25. The van der Waals surface area contributed by atoms with Gasteiger partial charge < -0.3 is 10.4 Å². The average Bonchev–Trinajstić information content (AvgIpc) is 2.98. The summed E-state index contributed by atoms with van der Waals surface area (Å²) < 4.78 is 1.71. The lowest BCUT2D eigenvalue weighted by Gasteiger charge is -2.26.